The number of halogens is 1. The molecule has 1 fully saturated rings. The Morgan fingerprint density at radius 2 is 1.71 bits per heavy atom. The largest absolute Gasteiger partial charge is 0.488 e. The Labute approximate surface area is 214 Å². The van der Waals surface area contributed by atoms with E-state index in [9.17, 15) is 28.9 Å². The van der Waals surface area contributed by atoms with Gasteiger partial charge in [-0.15, -0.1) is 0 Å². The van der Waals surface area contributed by atoms with Gasteiger partial charge < -0.3 is 4.74 Å². The summed E-state index contributed by atoms with van der Waals surface area (Å²) in [7, 11) is 0. The average molecular weight is 511 g/mol. The van der Waals surface area contributed by atoms with Crippen LogP contribution in [0, 0.1) is 15.9 Å². The monoisotopic (exact) mass is 511 g/mol. The molecule has 0 radical (unpaired) electrons. The van der Waals surface area contributed by atoms with Gasteiger partial charge in [-0.05, 0) is 40.6 Å². The van der Waals surface area contributed by atoms with E-state index in [4.69, 9.17) is 4.74 Å². The first-order chi connectivity index (χ1) is 18.3. The number of hydrogen-bond acceptors (Lipinski definition) is 6. The van der Waals surface area contributed by atoms with Gasteiger partial charge >= 0.3 is 6.03 Å². The van der Waals surface area contributed by atoms with E-state index >= 15 is 0 Å². The number of barbiturate groups is 1. The maximum atomic E-state index is 14.4. The minimum absolute atomic E-state index is 0.0316. The number of amides is 4. The zero-order chi connectivity index (χ0) is 26.8. The summed E-state index contributed by atoms with van der Waals surface area (Å²) < 4.78 is 20.4. The van der Waals surface area contributed by atoms with Crippen molar-refractivity contribution in [2.45, 2.75) is 6.61 Å². The van der Waals surface area contributed by atoms with Crippen LogP contribution in [-0.2, 0) is 16.2 Å². The van der Waals surface area contributed by atoms with E-state index in [1.807, 2.05) is 12.1 Å². The number of nitro groups is 1. The number of fused-ring (bicyclic) bond motifs is 1. The molecule has 1 N–H and O–H groups in total. The van der Waals surface area contributed by atoms with E-state index in [1.54, 1.807) is 36.4 Å². The number of para-hydroxylation sites is 1. The van der Waals surface area contributed by atoms with Crippen LogP contribution in [0.3, 0.4) is 0 Å². The van der Waals surface area contributed by atoms with Crippen LogP contribution < -0.4 is 15.0 Å². The quantitative estimate of drug-likeness (QED) is 0.166. The fourth-order valence-corrected chi connectivity index (χ4v) is 4.12. The molecule has 5 rings (SSSR count). The lowest BCUT2D eigenvalue weighted by molar-refractivity contribution is -0.384. The first-order valence-corrected chi connectivity index (χ1v) is 11.4. The molecule has 0 aliphatic carbocycles. The molecule has 10 heteroatoms. The SMILES string of the molecule is O=C1NC(=O)N(c2ccccc2F)C(=O)/C1=C\c1c(OCc2cccc([N+](=O)[O-])c2)ccc2ccccc12. The van der Waals surface area contributed by atoms with Crippen molar-refractivity contribution in [3.05, 3.63) is 118 Å². The number of nitrogens with one attached hydrogen (secondary N) is 1. The van der Waals surface area contributed by atoms with E-state index < -0.39 is 34.2 Å². The Bertz CT molecular complexity index is 1670. The molecule has 188 valence electrons. The van der Waals surface area contributed by atoms with Crippen LogP contribution in [0.1, 0.15) is 11.1 Å². The summed E-state index contributed by atoms with van der Waals surface area (Å²) >= 11 is 0. The molecule has 4 aromatic rings. The fraction of sp³-hybridized carbons (Fsp3) is 0.0357. The molecule has 1 saturated heterocycles. The average Bonchev–Trinajstić information content (AvgIpc) is 2.91. The van der Waals surface area contributed by atoms with Crippen molar-refractivity contribution >= 4 is 46.1 Å². The summed E-state index contributed by atoms with van der Waals surface area (Å²) in [4.78, 5) is 49.8. The molecule has 4 aromatic carbocycles. The molecule has 1 aliphatic heterocycles. The van der Waals surface area contributed by atoms with Crippen molar-refractivity contribution in [1.82, 2.24) is 5.32 Å². The first-order valence-electron chi connectivity index (χ1n) is 11.4. The number of urea groups is 1. The van der Waals surface area contributed by atoms with E-state index in [0.717, 1.165) is 11.5 Å². The second-order valence-electron chi connectivity index (χ2n) is 8.32. The number of benzene rings is 4. The van der Waals surface area contributed by atoms with Crippen LogP contribution in [-0.4, -0.2) is 22.8 Å². The van der Waals surface area contributed by atoms with Gasteiger partial charge in [-0.1, -0.05) is 54.6 Å². The molecule has 0 saturated carbocycles. The van der Waals surface area contributed by atoms with E-state index in [1.165, 1.54) is 36.4 Å². The molecule has 9 nitrogen and oxygen atoms in total. The first kappa shape index (κ1) is 24.3. The smallest absolute Gasteiger partial charge is 0.336 e. The van der Waals surface area contributed by atoms with Crippen molar-refractivity contribution < 1.29 is 28.4 Å². The highest BCUT2D eigenvalue weighted by Gasteiger charge is 2.38. The minimum Gasteiger partial charge on any atom is -0.488 e. The summed E-state index contributed by atoms with van der Waals surface area (Å²) in [5, 5.41) is 14.6. The standard InChI is InChI=1S/C28H18FN3O6/c29-23-10-3-4-11-24(23)31-27(34)22(26(33)30-28(31)35)15-21-20-9-2-1-7-18(20)12-13-25(21)38-16-17-6-5-8-19(14-17)32(36)37/h1-15H,16H2,(H,30,33,35)/b22-15-. The van der Waals surface area contributed by atoms with Crippen LogP contribution in [0.4, 0.5) is 20.6 Å². The molecule has 1 heterocycles. The number of rotatable bonds is 6. The Morgan fingerprint density at radius 1 is 0.947 bits per heavy atom. The molecule has 0 atom stereocenters. The van der Waals surface area contributed by atoms with Crippen LogP contribution in [0.15, 0.2) is 90.5 Å². The number of carbonyl (C=O) groups excluding carboxylic acids is 3. The third-order valence-electron chi connectivity index (χ3n) is 5.93. The van der Waals surface area contributed by atoms with Crippen LogP contribution in [0.2, 0.25) is 0 Å². The molecule has 0 spiro atoms. The lowest BCUT2D eigenvalue weighted by Crippen LogP contribution is -2.54. The number of ether oxygens (including phenoxy) is 1. The zero-order valence-corrected chi connectivity index (χ0v) is 19.6. The molecule has 0 aromatic heterocycles. The van der Waals surface area contributed by atoms with Gasteiger partial charge in [0.2, 0.25) is 0 Å². The topological polar surface area (TPSA) is 119 Å². The summed E-state index contributed by atoms with van der Waals surface area (Å²) in [5.74, 6) is -2.46. The predicted molar refractivity (Wildman–Crippen MR) is 137 cm³/mol. The molecule has 0 unspecified atom stereocenters. The Kier molecular flexibility index (Phi) is 6.36. The molecule has 38 heavy (non-hydrogen) atoms. The fourth-order valence-electron chi connectivity index (χ4n) is 4.12. The van der Waals surface area contributed by atoms with Crippen molar-refractivity contribution in [3.63, 3.8) is 0 Å². The third-order valence-corrected chi connectivity index (χ3v) is 5.93. The van der Waals surface area contributed by atoms with Gasteiger partial charge in [-0.3, -0.25) is 25.0 Å². The van der Waals surface area contributed by atoms with Crippen LogP contribution in [0.25, 0.3) is 16.8 Å². The number of imide groups is 2. The van der Waals surface area contributed by atoms with Crippen molar-refractivity contribution in [3.8, 4) is 5.75 Å². The van der Waals surface area contributed by atoms with Crippen LogP contribution in [0.5, 0.6) is 5.75 Å². The Hall–Kier alpha value is -5.38. The van der Waals surface area contributed by atoms with E-state index in [2.05, 4.69) is 5.32 Å². The van der Waals surface area contributed by atoms with Crippen molar-refractivity contribution in [2.24, 2.45) is 0 Å². The highest BCUT2D eigenvalue weighted by atomic mass is 19.1. The van der Waals surface area contributed by atoms with Crippen molar-refractivity contribution in [1.29, 1.82) is 0 Å². The van der Waals surface area contributed by atoms with Gasteiger partial charge in [-0.25, -0.2) is 14.1 Å². The van der Waals surface area contributed by atoms with Gasteiger partial charge in [0.1, 0.15) is 23.7 Å². The van der Waals surface area contributed by atoms with Gasteiger partial charge in [0.25, 0.3) is 17.5 Å². The molecule has 1 aliphatic rings. The van der Waals surface area contributed by atoms with Gasteiger partial charge in [0.05, 0.1) is 10.6 Å². The normalized spacial score (nSPS) is 14.6. The molecule has 0 bridgehead atoms. The maximum Gasteiger partial charge on any atom is 0.336 e. The van der Waals surface area contributed by atoms with Crippen molar-refractivity contribution in [2.75, 3.05) is 4.90 Å². The van der Waals surface area contributed by atoms with Crippen LogP contribution >= 0.6 is 0 Å². The highest BCUT2D eigenvalue weighted by molar-refractivity contribution is 6.39. The second-order valence-corrected chi connectivity index (χ2v) is 8.32. The summed E-state index contributed by atoms with van der Waals surface area (Å²) in [6.07, 6.45) is 1.29. The van der Waals surface area contributed by atoms with E-state index in [0.29, 0.717) is 21.4 Å². The predicted octanol–water partition coefficient (Wildman–Crippen LogP) is 5.13. The number of anilines is 1. The number of nitrogens with zero attached hydrogens (tertiary/aromatic N) is 2. The molecular weight excluding hydrogens is 493 g/mol. The number of nitro benzene ring substituents is 1. The zero-order valence-electron chi connectivity index (χ0n) is 19.6. The minimum atomic E-state index is -1.07. The summed E-state index contributed by atoms with van der Waals surface area (Å²) in [6.45, 7) is -0.0316. The van der Waals surface area contributed by atoms with E-state index in [-0.39, 0.29) is 23.7 Å². The summed E-state index contributed by atoms with van der Waals surface area (Å²) in [6, 6.07) is 20.8. The van der Waals surface area contributed by atoms with Gasteiger partial charge in [0, 0.05) is 17.7 Å². The van der Waals surface area contributed by atoms with Gasteiger partial charge in [-0.2, -0.15) is 0 Å². The lowest BCUT2D eigenvalue weighted by atomic mass is 9.99. The second kappa shape index (κ2) is 9.94. The Balaban J connectivity index is 1.58. The van der Waals surface area contributed by atoms with Gasteiger partial charge in [0.15, 0.2) is 0 Å². The summed E-state index contributed by atoms with van der Waals surface area (Å²) in [5.41, 5.74) is 0.121. The third kappa shape index (κ3) is 4.58. The maximum absolute atomic E-state index is 14.4. The number of carbonyl (C=O) groups is 3. The number of non-ortho nitro benzene ring substituents is 1. The number of hydrogen-bond donors (Lipinski definition) is 1. The molecule has 4 amide bonds. The lowest BCUT2D eigenvalue weighted by Gasteiger charge is -2.26. The Morgan fingerprint density at radius 3 is 2.50 bits per heavy atom. The highest BCUT2D eigenvalue weighted by Crippen LogP contribution is 2.33. The molecular formula is C28H18FN3O6.